The van der Waals surface area contributed by atoms with E-state index in [4.69, 9.17) is 4.74 Å². The Morgan fingerprint density at radius 3 is 1.80 bits per heavy atom. The van der Waals surface area contributed by atoms with Gasteiger partial charge in [0.1, 0.15) is 6.61 Å². The molecule has 0 aliphatic carbocycles. The van der Waals surface area contributed by atoms with Crippen molar-refractivity contribution in [2.45, 2.75) is 31.4 Å². The van der Waals surface area contributed by atoms with E-state index in [0.29, 0.717) is 6.54 Å². The highest BCUT2D eigenvalue weighted by atomic mass is 16.5. The van der Waals surface area contributed by atoms with Crippen LogP contribution in [0.1, 0.15) is 29.5 Å². The number of alkyl carbamates (subject to hydrolysis) is 1. The molecule has 2 amide bonds. The van der Waals surface area contributed by atoms with E-state index in [1.165, 1.54) is 10.8 Å². The Bertz CT molecular complexity index is 1480. The van der Waals surface area contributed by atoms with Crippen LogP contribution in [-0.2, 0) is 28.1 Å². The largest absolute Gasteiger partial charge is 0.445 e. The second-order valence-corrected chi connectivity index (χ2v) is 10.2. The molecule has 0 spiro atoms. The zero-order valence-electron chi connectivity index (χ0n) is 23.0. The Morgan fingerprint density at radius 1 is 0.683 bits per heavy atom. The van der Waals surface area contributed by atoms with Gasteiger partial charge in [-0.2, -0.15) is 0 Å². The zero-order chi connectivity index (χ0) is 28.3. The van der Waals surface area contributed by atoms with Crippen molar-refractivity contribution < 1.29 is 14.3 Å². The number of hydrogen-bond acceptors (Lipinski definition) is 3. The Hall–Kier alpha value is -4.84. The summed E-state index contributed by atoms with van der Waals surface area (Å²) in [7, 11) is 0. The van der Waals surface area contributed by atoms with Gasteiger partial charge in [0.2, 0.25) is 5.91 Å². The highest BCUT2D eigenvalue weighted by molar-refractivity contribution is 5.82. The van der Waals surface area contributed by atoms with Gasteiger partial charge in [-0.05, 0) is 40.3 Å². The van der Waals surface area contributed by atoms with Gasteiger partial charge in [0.05, 0.1) is 6.54 Å². The lowest BCUT2D eigenvalue weighted by Gasteiger charge is -2.36. The molecule has 1 aromatic heterocycles. The number of benzene rings is 4. The fourth-order valence-corrected chi connectivity index (χ4v) is 5.33. The van der Waals surface area contributed by atoms with Crippen molar-refractivity contribution in [3.63, 3.8) is 0 Å². The second kappa shape index (κ2) is 13.5. The van der Waals surface area contributed by atoms with E-state index in [2.05, 4.69) is 76.1 Å². The van der Waals surface area contributed by atoms with Gasteiger partial charge in [0.15, 0.2) is 0 Å². The molecule has 5 rings (SSSR count). The van der Waals surface area contributed by atoms with Crippen molar-refractivity contribution in [1.29, 1.82) is 0 Å². The molecule has 2 N–H and O–H groups in total. The molecule has 0 saturated heterocycles. The average molecular weight is 546 g/mol. The van der Waals surface area contributed by atoms with Gasteiger partial charge in [-0.1, -0.05) is 115 Å². The standard InChI is InChI=1S/C35H35N3O3/c39-33(23-36-34(40)41-26-28-13-4-1-5-14-28)37-27-35(31-17-6-2-7-18-31,32-19-8-3-9-20-32)21-12-22-38-24-29-15-10-11-16-30(29)25-38/h1-11,13-20,24-25H,12,21-23,26-27H2,(H,36,40)(H,37,39). The van der Waals surface area contributed by atoms with Crippen molar-refractivity contribution in [2.24, 2.45) is 0 Å². The monoisotopic (exact) mass is 545 g/mol. The molecule has 1 heterocycles. The number of hydrogen-bond donors (Lipinski definition) is 2. The van der Waals surface area contributed by atoms with Crippen LogP contribution in [0.15, 0.2) is 128 Å². The fraction of sp³-hybridized carbons (Fsp3) is 0.200. The maximum atomic E-state index is 12.9. The highest BCUT2D eigenvalue weighted by Crippen LogP contribution is 2.37. The Labute approximate surface area is 241 Å². The minimum atomic E-state index is -0.625. The first-order valence-electron chi connectivity index (χ1n) is 14.0. The van der Waals surface area contributed by atoms with Crippen LogP contribution in [0.2, 0.25) is 0 Å². The quantitative estimate of drug-likeness (QED) is 0.189. The maximum absolute atomic E-state index is 12.9. The smallest absolute Gasteiger partial charge is 0.407 e. The number of ether oxygens (including phenoxy) is 1. The third-order valence-electron chi connectivity index (χ3n) is 7.47. The summed E-state index contributed by atoms with van der Waals surface area (Å²) in [6, 6.07) is 38.5. The van der Waals surface area contributed by atoms with E-state index in [1.54, 1.807) is 0 Å². The molecule has 0 aliphatic rings. The Morgan fingerprint density at radius 2 is 1.22 bits per heavy atom. The molecule has 0 radical (unpaired) electrons. The molecule has 0 aliphatic heterocycles. The van der Waals surface area contributed by atoms with Crippen LogP contribution >= 0.6 is 0 Å². The predicted molar refractivity (Wildman–Crippen MR) is 162 cm³/mol. The van der Waals surface area contributed by atoms with Crippen molar-refractivity contribution in [3.05, 3.63) is 144 Å². The first kappa shape index (κ1) is 27.7. The van der Waals surface area contributed by atoms with Crippen LogP contribution in [0.25, 0.3) is 10.8 Å². The maximum Gasteiger partial charge on any atom is 0.407 e. The molecule has 208 valence electrons. The molecule has 4 aromatic carbocycles. The summed E-state index contributed by atoms with van der Waals surface area (Å²) < 4.78 is 7.49. The number of fused-ring (bicyclic) bond motifs is 1. The van der Waals surface area contributed by atoms with Crippen LogP contribution in [0.5, 0.6) is 0 Å². The lowest BCUT2D eigenvalue weighted by Crippen LogP contribution is -2.45. The molecular formula is C35H35N3O3. The van der Waals surface area contributed by atoms with Crippen LogP contribution in [0.4, 0.5) is 4.79 Å². The lowest BCUT2D eigenvalue weighted by molar-refractivity contribution is -0.120. The van der Waals surface area contributed by atoms with Crippen LogP contribution in [0, 0.1) is 0 Å². The van der Waals surface area contributed by atoms with Gasteiger partial charge >= 0.3 is 6.09 Å². The van der Waals surface area contributed by atoms with E-state index in [1.807, 2.05) is 66.7 Å². The van der Waals surface area contributed by atoms with E-state index < -0.39 is 11.5 Å². The number of carbonyl (C=O) groups is 2. The molecule has 0 atom stereocenters. The predicted octanol–water partition coefficient (Wildman–Crippen LogP) is 6.45. The minimum Gasteiger partial charge on any atom is -0.445 e. The van der Waals surface area contributed by atoms with Crippen molar-refractivity contribution >= 4 is 22.8 Å². The fourth-order valence-electron chi connectivity index (χ4n) is 5.33. The van der Waals surface area contributed by atoms with Crippen molar-refractivity contribution in [1.82, 2.24) is 15.2 Å². The number of aryl methyl sites for hydroxylation is 1. The van der Waals surface area contributed by atoms with E-state index in [9.17, 15) is 9.59 Å². The normalized spacial score (nSPS) is 11.2. The molecule has 6 nitrogen and oxygen atoms in total. The average Bonchev–Trinajstić information content (AvgIpc) is 3.45. The summed E-state index contributed by atoms with van der Waals surface area (Å²) >= 11 is 0. The van der Waals surface area contributed by atoms with Gasteiger partial charge in [0.25, 0.3) is 0 Å². The van der Waals surface area contributed by atoms with Crippen molar-refractivity contribution in [2.75, 3.05) is 13.1 Å². The van der Waals surface area contributed by atoms with Crippen LogP contribution < -0.4 is 10.6 Å². The third kappa shape index (κ3) is 7.22. The summed E-state index contributed by atoms with van der Waals surface area (Å²) in [5, 5.41) is 8.13. The highest BCUT2D eigenvalue weighted by Gasteiger charge is 2.34. The summed E-state index contributed by atoms with van der Waals surface area (Å²) in [5.41, 5.74) is 2.72. The molecule has 41 heavy (non-hydrogen) atoms. The zero-order valence-corrected chi connectivity index (χ0v) is 23.0. The van der Waals surface area contributed by atoms with Gasteiger partial charge in [-0.15, -0.1) is 0 Å². The molecule has 0 bridgehead atoms. The van der Waals surface area contributed by atoms with Crippen LogP contribution in [-0.4, -0.2) is 29.7 Å². The first-order valence-corrected chi connectivity index (χ1v) is 14.0. The van der Waals surface area contributed by atoms with Crippen molar-refractivity contribution in [3.8, 4) is 0 Å². The van der Waals surface area contributed by atoms with Gasteiger partial charge in [-0.3, -0.25) is 4.79 Å². The summed E-state index contributed by atoms with van der Waals surface area (Å²) in [5.74, 6) is -0.269. The van der Waals surface area contributed by atoms with Gasteiger partial charge in [0, 0.05) is 30.9 Å². The molecule has 0 unspecified atom stereocenters. The van der Waals surface area contributed by atoms with E-state index >= 15 is 0 Å². The number of nitrogens with zero attached hydrogens (tertiary/aromatic N) is 1. The Balaban J connectivity index is 1.27. The SMILES string of the molecule is O=C(CNC(=O)OCc1ccccc1)NCC(CCCn1cc2ccccc2c1)(c1ccccc1)c1ccccc1. The van der Waals surface area contributed by atoms with Gasteiger partial charge < -0.3 is 19.9 Å². The molecule has 0 fully saturated rings. The first-order chi connectivity index (χ1) is 20.1. The summed E-state index contributed by atoms with van der Waals surface area (Å²) in [4.78, 5) is 25.1. The van der Waals surface area contributed by atoms with E-state index in [0.717, 1.165) is 36.1 Å². The van der Waals surface area contributed by atoms with Crippen LogP contribution in [0.3, 0.4) is 0 Å². The number of aromatic nitrogens is 1. The topological polar surface area (TPSA) is 72.4 Å². The lowest BCUT2D eigenvalue weighted by atomic mass is 9.71. The molecular weight excluding hydrogens is 510 g/mol. The Kier molecular flexibility index (Phi) is 9.12. The second-order valence-electron chi connectivity index (χ2n) is 10.2. The number of amides is 2. The number of rotatable bonds is 12. The minimum absolute atomic E-state index is 0.149. The van der Waals surface area contributed by atoms with E-state index in [-0.39, 0.29) is 19.1 Å². The molecule has 5 aromatic rings. The molecule has 6 heteroatoms. The number of nitrogens with one attached hydrogen (secondary N) is 2. The third-order valence-corrected chi connectivity index (χ3v) is 7.47. The molecule has 0 saturated carbocycles. The number of carbonyl (C=O) groups excluding carboxylic acids is 2. The summed E-state index contributed by atoms with van der Waals surface area (Å²) in [6.07, 6.45) is 5.48. The summed E-state index contributed by atoms with van der Waals surface area (Å²) in [6.45, 7) is 1.24. The van der Waals surface area contributed by atoms with Gasteiger partial charge in [-0.25, -0.2) is 4.79 Å².